The van der Waals surface area contributed by atoms with E-state index >= 15 is 0 Å². The second-order valence-corrected chi connectivity index (χ2v) is 5.26. The van der Waals surface area contributed by atoms with Crippen LogP contribution in [0.1, 0.15) is 0 Å². The molecule has 0 N–H and O–H groups in total. The van der Waals surface area contributed by atoms with Gasteiger partial charge in [0.1, 0.15) is 18.0 Å². The maximum absolute atomic E-state index is 11.0. The number of aliphatic imine (C=N–C) groups is 1. The Morgan fingerprint density at radius 2 is 2.21 bits per heavy atom. The lowest BCUT2D eigenvalue weighted by Crippen LogP contribution is -2.03. The number of hydrogen-bond acceptors (Lipinski definition) is 4. The second kappa shape index (κ2) is 3.25. The highest BCUT2D eigenvalue weighted by Crippen LogP contribution is 2.32. The molecule has 1 heterocycles. The van der Waals surface area contributed by atoms with E-state index in [9.17, 15) is 8.42 Å². The third kappa shape index (κ3) is 1.73. The maximum Gasteiger partial charge on any atom is 0.261 e. The summed E-state index contributed by atoms with van der Waals surface area (Å²) in [5.41, 5.74) is 0.484. The smallest absolute Gasteiger partial charge is 0.261 e. The molecule has 0 saturated carbocycles. The Bertz CT molecular complexity index is 495. The predicted octanol–water partition coefficient (Wildman–Crippen LogP) is 1.71. The van der Waals surface area contributed by atoms with Crippen LogP contribution in [0.3, 0.4) is 0 Å². The van der Waals surface area contributed by atoms with Crippen molar-refractivity contribution in [2.45, 2.75) is 4.90 Å². The minimum Gasteiger partial charge on any atom is -0.486 e. The first-order valence-electron chi connectivity index (χ1n) is 3.81. The van der Waals surface area contributed by atoms with Gasteiger partial charge in [0.25, 0.3) is 9.05 Å². The van der Waals surface area contributed by atoms with Crippen LogP contribution < -0.4 is 4.74 Å². The molecule has 0 aromatic heterocycles. The largest absolute Gasteiger partial charge is 0.486 e. The SMILES string of the molecule is O=S(=O)(Cl)c1ccc2c(c1)N=CCO2. The van der Waals surface area contributed by atoms with Crippen molar-refractivity contribution < 1.29 is 13.2 Å². The van der Waals surface area contributed by atoms with E-state index in [-0.39, 0.29) is 4.90 Å². The number of benzene rings is 1. The number of rotatable bonds is 1. The summed E-state index contributed by atoms with van der Waals surface area (Å²) in [5.74, 6) is 0.566. The van der Waals surface area contributed by atoms with Gasteiger partial charge in [0.2, 0.25) is 0 Å². The van der Waals surface area contributed by atoms with Gasteiger partial charge in [-0.25, -0.2) is 8.42 Å². The lowest BCUT2D eigenvalue weighted by atomic mass is 10.3. The number of ether oxygens (including phenoxy) is 1. The first-order valence-corrected chi connectivity index (χ1v) is 6.12. The van der Waals surface area contributed by atoms with E-state index in [1.165, 1.54) is 12.1 Å². The van der Waals surface area contributed by atoms with Crippen LogP contribution in [-0.4, -0.2) is 21.2 Å². The summed E-state index contributed by atoms with van der Waals surface area (Å²) in [6.45, 7) is 0.403. The van der Waals surface area contributed by atoms with Gasteiger partial charge in [-0.1, -0.05) is 0 Å². The van der Waals surface area contributed by atoms with Gasteiger partial charge in [-0.15, -0.1) is 0 Å². The molecule has 0 amide bonds. The van der Waals surface area contributed by atoms with E-state index in [0.717, 1.165) is 0 Å². The Hall–Kier alpha value is -1.07. The summed E-state index contributed by atoms with van der Waals surface area (Å²) < 4.78 is 27.2. The highest BCUT2D eigenvalue weighted by molar-refractivity contribution is 8.13. The highest BCUT2D eigenvalue weighted by Gasteiger charge is 2.14. The first-order chi connectivity index (χ1) is 6.57. The third-order valence-electron chi connectivity index (χ3n) is 1.76. The molecule has 0 radical (unpaired) electrons. The van der Waals surface area contributed by atoms with Crippen molar-refractivity contribution in [1.29, 1.82) is 0 Å². The minimum absolute atomic E-state index is 0.0283. The number of hydrogen-bond donors (Lipinski definition) is 0. The third-order valence-corrected chi connectivity index (χ3v) is 3.11. The van der Waals surface area contributed by atoms with Gasteiger partial charge in [0.15, 0.2) is 0 Å². The van der Waals surface area contributed by atoms with E-state index in [1.54, 1.807) is 12.3 Å². The van der Waals surface area contributed by atoms with Gasteiger partial charge in [0.05, 0.1) is 4.90 Å². The average molecular weight is 232 g/mol. The van der Waals surface area contributed by atoms with Crippen LogP contribution in [0, 0.1) is 0 Å². The number of halogens is 1. The summed E-state index contributed by atoms with van der Waals surface area (Å²) in [4.78, 5) is 4.02. The van der Waals surface area contributed by atoms with Gasteiger partial charge in [-0.2, -0.15) is 0 Å². The van der Waals surface area contributed by atoms with Crippen molar-refractivity contribution in [2.24, 2.45) is 4.99 Å². The normalized spacial score (nSPS) is 14.6. The molecule has 0 saturated heterocycles. The van der Waals surface area contributed by atoms with Gasteiger partial charge in [0, 0.05) is 16.9 Å². The minimum atomic E-state index is -3.69. The molecule has 0 unspecified atom stereocenters. The van der Waals surface area contributed by atoms with E-state index in [4.69, 9.17) is 15.4 Å². The fourth-order valence-electron chi connectivity index (χ4n) is 1.13. The van der Waals surface area contributed by atoms with Crippen molar-refractivity contribution >= 4 is 31.6 Å². The van der Waals surface area contributed by atoms with Crippen molar-refractivity contribution in [3.8, 4) is 5.75 Å². The molecule has 74 valence electrons. The maximum atomic E-state index is 11.0. The summed E-state index contributed by atoms with van der Waals surface area (Å²) >= 11 is 0. The highest BCUT2D eigenvalue weighted by atomic mass is 35.7. The molecule has 0 bridgehead atoms. The molecule has 0 fully saturated rings. The van der Waals surface area contributed by atoms with Crippen LogP contribution in [0.4, 0.5) is 5.69 Å². The Labute approximate surface area is 85.6 Å². The van der Waals surface area contributed by atoms with Crippen LogP contribution in [0.15, 0.2) is 28.1 Å². The summed E-state index contributed by atoms with van der Waals surface area (Å²) in [6, 6.07) is 4.32. The standard InChI is InChI=1S/C8H6ClNO3S/c9-14(11,12)6-1-2-8-7(5-6)10-3-4-13-8/h1-3,5H,4H2. The predicted molar refractivity (Wildman–Crippen MR) is 53.1 cm³/mol. The number of fused-ring (bicyclic) bond motifs is 1. The Morgan fingerprint density at radius 1 is 1.43 bits per heavy atom. The summed E-state index contributed by atoms with van der Waals surface area (Å²) in [7, 11) is 1.49. The fourth-order valence-corrected chi connectivity index (χ4v) is 1.91. The first kappa shape index (κ1) is 9.48. The van der Waals surface area contributed by atoms with Crippen molar-refractivity contribution in [2.75, 3.05) is 6.61 Å². The molecule has 0 spiro atoms. The van der Waals surface area contributed by atoms with Gasteiger partial charge >= 0.3 is 0 Å². The van der Waals surface area contributed by atoms with Crippen LogP contribution >= 0.6 is 10.7 Å². The zero-order valence-corrected chi connectivity index (χ0v) is 8.55. The van der Waals surface area contributed by atoms with Gasteiger partial charge in [-0.3, -0.25) is 4.99 Å². The van der Waals surface area contributed by atoms with Crippen LogP contribution in [0.5, 0.6) is 5.75 Å². The van der Waals surface area contributed by atoms with E-state index in [0.29, 0.717) is 18.0 Å². The lowest BCUT2D eigenvalue weighted by molar-refractivity contribution is 0.376. The van der Waals surface area contributed by atoms with E-state index < -0.39 is 9.05 Å². The monoisotopic (exact) mass is 231 g/mol. The molecule has 1 aromatic carbocycles. The van der Waals surface area contributed by atoms with Crippen LogP contribution in [-0.2, 0) is 9.05 Å². The molecule has 0 aliphatic carbocycles. The van der Waals surface area contributed by atoms with Crippen molar-refractivity contribution in [3.05, 3.63) is 18.2 Å². The molecule has 4 nitrogen and oxygen atoms in total. The van der Waals surface area contributed by atoms with Crippen LogP contribution in [0.25, 0.3) is 0 Å². The molecule has 2 rings (SSSR count). The van der Waals surface area contributed by atoms with E-state index in [2.05, 4.69) is 4.99 Å². The van der Waals surface area contributed by atoms with Gasteiger partial charge < -0.3 is 4.74 Å². The fraction of sp³-hybridized carbons (Fsp3) is 0.125. The Kier molecular flexibility index (Phi) is 2.20. The zero-order valence-electron chi connectivity index (χ0n) is 6.97. The quantitative estimate of drug-likeness (QED) is 0.692. The molecule has 1 aromatic rings. The lowest BCUT2D eigenvalue weighted by Gasteiger charge is -2.11. The zero-order chi connectivity index (χ0) is 10.2. The summed E-state index contributed by atoms with van der Waals surface area (Å²) in [6.07, 6.45) is 1.56. The topological polar surface area (TPSA) is 55.7 Å². The molecule has 1 aliphatic heterocycles. The molecule has 6 heteroatoms. The Balaban J connectivity index is 2.56. The Morgan fingerprint density at radius 3 is 2.93 bits per heavy atom. The molecule has 0 atom stereocenters. The molecular weight excluding hydrogens is 226 g/mol. The van der Waals surface area contributed by atoms with Crippen molar-refractivity contribution in [1.82, 2.24) is 0 Å². The van der Waals surface area contributed by atoms with Crippen LogP contribution in [0.2, 0.25) is 0 Å². The molecule has 14 heavy (non-hydrogen) atoms. The van der Waals surface area contributed by atoms with E-state index in [1.807, 2.05) is 0 Å². The molecule has 1 aliphatic rings. The average Bonchev–Trinajstić information content (AvgIpc) is 2.16. The molecular formula is C8H6ClNO3S. The second-order valence-electron chi connectivity index (χ2n) is 2.69. The number of nitrogens with zero attached hydrogens (tertiary/aromatic N) is 1. The summed E-state index contributed by atoms with van der Waals surface area (Å²) in [5, 5.41) is 0. The van der Waals surface area contributed by atoms with Crippen molar-refractivity contribution in [3.63, 3.8) is 0 Å². The van der Waals surface area contributed by atoms with Gasteiger partial charge in [-0.05, 0) is 18.2 Å².